The van der Waals surface area contributed by atoms with Crippen LogP contribution in [0.3, 0.4) is 0 Å². The van der Waals surface area contributed by atoms with Crippen molar-refractivity contribution in [2.45, 2.75) is 30.6 Å². The molecule has 1 aliphatic rings. The van der Waals surface area contributed by atoms with E-state index in [1.54, 1.807) is 0 Å². The van der Waals surface area contributed by atoms with Gasteiger partial charge >= 0.3 is 0 Å². The van der Waals surface area contributed by atoms with Crippen molar-refractivity contribution >= 4 is 0 Å². The van der Waals surface area contributed by atoms with Gasteiger partial charge in [-0.3, -0.25) is 0 Å². The van der Waals surface area contributed by atoms with Crippen molar-refractivity contribution in [3.63, 3.8) is 0 Å². The molecule has 3 N–H and O–H groups in total. The molecule has 0 amide bonds. The second kappa shape index (κ2) is 5.52. The minimum absolute atomic E-state index is 0.237. The van der Waals surface area contributed by atoms with Crippen LogP contribution in [0.4, 0.5) is 0 Å². The van der Waals surface area contributed by atoms with Crippen LogP contribution >= 0.6 is 0 Å². The highest BCUT2D eigenvalue weighted by Gasteiger charge is 2.43. The van der Waals surface area contributed by atoms with Crippen LogP contribution in [0.15, 0.2) is 10.2 Å². The lowest BCUT2D eigenvalue weighted by Crippen LogP contribution is -2.57. The van der Waals surface area contributed by atoms with E-state index in [1.165, 1.54) is 0 Å². The maximum atomic E-state index is 9.63. The van der Waals surface area contributed by atoms with E-state index in [4.69, 9.17) is 15.8 Å². The smallest absolute Gasteiger partial charge is 0.181 e. The van der Waals surface area contributed by atoms with Gasteiger partial charge in [-0.2, -0.15) is 0 Å². The third-order valence-electron chi connectivity index (χ3n) is 2.20. The monoisotopic (exact) mass is 230 g/mol. The van der Waals surface area contributed by atoms with E-state index >= 15 is 0 Å². The molecule has 88 valence electrons. The molecule has 1 aliphatic heterocycles. The number of azide groups is 2. The molecule has 1 rings (SSSR count). The molecule has 5 atom stereocenters. The predicted octanol–water partition coefficient (Wildman–Crippen LogP) is -0.585. The van der Waals surface area contributed by atoms with Gasteiger partial charge in [-0.25, -0.2) is 0 Å². The SMILES string of the molecule is [N-]=[N+]=NC[C@@H]1OC(O)[C@H](O)[C@H](N=[N+]=[N-])[C@@H]1O. The van der Waals surface area contributed by atoms with E-state index in [2.05, 4.69) is 20.1 Å². The number of rotatable bonds is 3. The Balaban J connectivity index is 2.83. The molecule has 10 heteroatoms. The standard InChI is InChI=1S/C6H10N6O4/c7-11-9-1-2-4(13)3(10-12-8)5(14)6(15)16-2/h2-6,13-15H,1H2/t2-,3+,4+,5+,6?/m0/s1. The lowest BCUT2D eigenvalue weighted by Gasteiger charge is -2.38. The van der Waals surface area contributed by atoms with Crippen LogP contribution in [0.25, 0.3) is 20.9 Å². The maximum absolute atomic E-state index is 9.63. The predicted molar refractivity (Wildman–Crippen MR) is 49.8 cm³/mol. The van der Waals surface area contributed by atoms with E-state index in [0.717, 1.165) is 0 Å². The molecule has 10 nitrogen and oxygen atoms in total. The van der Waals surface area contributed by atoms with E-state index in [9.17, 15) is 15.3 Å². The Morgan fingerprint density at radius 2 is 1.81 bits per heavy atom. The summed E-state index contributed by atoms with van der Waals surface area (Å²) in [6.07, 6.45) is -5.49. The van der Waals surface area contributed by atoms with Crippen LogP contribution in [-0.2, 0) is 4.74 Å². The molecule has 0 spiro atoms. The zero-order valence-electron chi connectivity index (χ0n) is 8.03. The van der Waals surface area contributed by atoms with Crippen LogP contribution in [0.2, 0.25) is 0 Å². The minimum atomic E-state index is -1.60. The molecule has 0 aliphatic carbocycles. The van der Waals surface area contributed by atoms with Crippen LogP contribution in [0.1, 0.15) is 0 Å². The van der Waals surface area contributed by atoms with Crippen molar-refractivity contribution in [2.75, 3.05) is 6.54 Å². The van der Waals surface area contributed by atoms with Crippen molar-refractivity contribution in [2.24, 2.45) is 10.2 Å². The van der Waals surface area contributed by atoms with E-state index < -0.39 is 30.6 Å². The molecule has 1 unspecified atom stereocenters. The quantitative estimate of drug-likeness (QED) is 0.335. The summed E-state index contributed by atoms with van der Waals surface area (Å²) >= 11 is 0. The molecular formula is C6H10N6O4. The second-order valence-electron chi connectivity index (χ2n) is 3.16. The summed E-state index contributed by atoms with van der Waals surface area (Å²) in [5, 5.41) is 34.6. The number of nitrogens with zero attached hydrogens (tertiary/aromatic N) is 6. The highest BCUT2D eigenvalue weighted by molar-refractivity contribution is 4.94. The van der Waals surface area contributed by atoms with Gasteiger partial charge in [0, 0.05) is 9.82 Å². The maximum Gasteiger partial charge on any atom is 0.181 e. The Labute approximate surface area is 89.3 Å². The lowest BCUT2D eigenvalue weighted by atomic mass is 9.97. The van der Waals surface area contributed by atoms with Crippen molar-refractivity contribution < 1.29 is 20.1 Å². The third-order valence-corrected chi connectivity index (χ3v) is 2.20. The van der Waals surface area contributed by atoms with Crippen molar-refractivity contribution in [1.29, 1.82) is 0 Å². The zero-order valence-corrected chi connectivity index (χ0v) is 8.03. The highest BCUT2D eigenvalue weighted by atomic mass is 16.6. The van der Waals surface area contributed by atoms with Gasteiger partial charge in [0.1, 0.15) is 6.10 Å². The number of aliphatic hydroxyl groups is 3. The molecular weight excluding hydrogens is 220 g/mol. The molecule has 0 aromatic rings. The largest absolute Gasteiger partial charge is 0.390 e. The topological polar surface area (TPSA) is 167 Å². The van der Waals surface area contributed by atoms with Gasteiger partial charge in [-0.05, 0) is 11.1 Å². The fourth-order valence-corrected chi connectivity index (χ4v) is 1.39. The van der Waals surface area contributed by atoms with Crippen LogP contribution in [-0.4, -0.2) is 52.5 Å². The summed E-state index contributed by atoms with van der Waals surface area (Å²) < 4.78 is 4.80. The van der Waals surface area contributed by atoms with Crippen LogP contribution in [0.5, 0.6) is 0 Å². The Bertz CT molecular complexity index is 338. The molecule has 0 aromatic carbocycles. The molecule has 1 fully saturated rings. The molecule has 0 saturated carbocycles. The number of hydrogen-bond donors (Lipinski definition) is 3. The molecule has 0 bridgehead atoms. The highest BCUT2D eigenvalue weighted by Crippen LogP contribution is 2.22. The van der Waals surface area contributed by atoms with Gasteiger partial charge in [0.15, 0.2) is 6.29 Å². The Morgan fingerprint density at radius 1 is 1.12 bits per heavy atom. The average molecular weight is 230 g/mol. The minimum Gasteiger partial charge on any atom is -0.390 e. The summed E-state index contributed by atoms with van der Waals surface area (Å²) in [5.41, 5.74) is 16.3. The third kappa shape index (κ3) is 2.52. The Kier molecular flexibility index (Phi) is 4.32. The summed E-state index contributed by atoms with van der Waals surface area (Å²) in [6.45, 7) is -0.237. The fourth-order valence-electron chi connectivity index (χ4n) is 1.39. The molecule has 0 aromatic heterocycles. The lowest BCUT2D eigenvalue weighted by molar-refractivity contribution is -0.249. The van der Waals surface area contributed by atoms with E-state index in [1.807, 2.05) is 0 Å². The average Bonchev–Trinajstić information content (AvgIpc) is 2.27. The normalized spacial score (nSPS) is 38.3. The Morgan fingerprint density at radius 3 is 2.38 bits per heavy atom. The first-order valence-corrected chi connectivity index (χ1v) is 4.36. The molecule has 1 saturated heterocycles. The van der Waals surface area contributed by atoms with Gasteiger partial charge in [-0.1, -0.05) is 10.2 Å². The summed E-state index contributed by atoms with van der Waals surface area (Å²) in [5.74, 6) is 0. The van der Waals surface area contributed by atoms with Gasteiger partial charge in [0.05, 0.1) is 24.8 Å². The van der Waals surface area contributed by atoms with Crippen molar-refractivity contribution in [1.82, 2.24) is 0 Å². The summed E-state index contributed by atoms with van der Waals surface area (Å²) in [4.78, 5) is 4.91. The first-order chi connectivity index (χ1) is 7.61. The van der Waals surface area contributed by atoms with E-state index in [-0.39, 0.29) is 6.54 Å². The first kappa shape index (κ1) is 12.5. The molecule has 16 heavy (non-hydrogen) atoms. The number of aliphatic hydroxyl groups excluding tert-OH is 3. The first-order valence-electron chi connectivity index (χ1n) is 4.36. The van der Waals surface area contributed by atoms with E-state index in [0.29, 0.717) is 0 Å². The van der Waals surface area contributed by atoms with Crippen molar-refractivity contribution in [3.8, 4) is 0 Å². The van der Waals surface area contributed by atoms with Gasteiger partial charge in [-0.15, -0.1) is 0 Å². The Hall–Kier alpha value is -1.54. The second-order valence-corrected chi connectivity index (χ2v) is 3.16. The zero-order chi connectivity index (χ0) is 12.1. The van der Waals surface area contributed by atoms with Gasteiger partial charge in [0.2, 0.25) is 0 Å². The summed E-state index contributed by atoms with van der Waals surface area (Å²) in [7, 11) is 0. The van der Waals surface area contributed by atoms with Crippen molar-refractivity contribution in [3.05, 3.63) is 20.9 Å². The number of hydrogen-bond acceptors (Lipinski definition) is 6. The van der Waals surface area contributed by atoms with Gasteiger partial charge in [0.25, 0.3) is 0 Å². The van der Waals surface area contributed by atoms with Crippen LogP contribution in [0, 0.1) is 0 Å². The summed E-state index contributed by atoms with van der Waals surface area (Å²) in [6, 6.07) is -1.24. The number of ether oxygens (including phenoxy) is 1. The molecule has 0 radical (unpaired) electrons. The fraction of sp³-hybridized carbons (Fsp3) is 1.00. The molecule has 1 heterocycles. The van der Waals surface area contributed by atoms with Crippen LogP contribution < -0.4 is 0 Å². The van der Waals surface area contributed by atoms with Gasteiger partial charge < -0.3 is 20.1 Å².